The van der Waals surface area contributed by atoms with Crippen LogP contribution in [-0.2, 0) is 14.4 Å². The van der Waals surface area contributed by atoms with E-state index in [1.54, 1.807) is 4.90 Å². The zero-order valence-corrected chi connectivity index (χ0v) is 11.4. The highest BCUT2D eigenvalue weighted by molar-refractivity contribution is 5.98. The number of carbonyl (C=O) groups is 3. The van der Waals surface area contributed by atoms with Gasteiger partial charge in [0.2, 0.25) is 11.8 Å². The molecule has 0 radical (unpaired) electrons. The molecule has 2 aliphatic heterocycles. The second kappa shape index (κ2) is 5.19. The minimum Gasteiger partial charge on any atom is -0.368 e. The zero-order valence-electron chi connectivity index (χ0n) is 11.4. The Hall–Kier alpha value is -1.59. The van der Waals surface area contributed by atoms with Gasteiger partial charge in [0.15, 0.2) is 0 Å². The Kier molecular flexibility index (Phi) is 3.78. The van der Waals surface area contributed by atoms with Gasteiger partial charge in [-0.15, -0.1) is 0 Å². The molecule has 19 heavy (non-hydrogen) atoms. The number of nitrogens with two attached hydrogens (primary N) is 1. The molecule has 0 saturated carbocycles. The van der Waals surface area contributed by atoms with Crippen molar-refractivity contribution in [2.75, 3.05) is 19.6 Å². The van der Waals surface area contributed by atoms with Crippen molar-refractivity contribution < 1.29 is 14.4 Å². The predicted molar refractivity (Wildman–Crippen MR) is 69.0 cm³/mol. The maximum Gasteiger partial charge on any atom is 0.250 e. The summed E-state index contributed by atoms with van der Waals surface area (Å²) in [6.07, 6.45) is 3.86. The lowest BCUT2D eigenvalue weighted by molar-refractivity contribution is -0.176. The summed E-state index contributed by atoms with van der Waals surface area (Å²) < 4.78 is 0. The van der Waals surface area contributed by atoms with E-state index in [4.69, 9.17) is 5.73 Å². The van der Waals surface area contributed by atoms with Crippen LogP contribution < -0.4 is 5.73 Å². The first-order valence-corrected chi connectivity index (χ1v) is 6.89. The van der Waals surface area contributed by atoms with E-state index in [9.17, 15) is 14.4 Å². The van der Waals surface area contributed by atoms with Crippen molar-refractivity contribution in [1.29, 1.82) is 0 Å². The summed E-state index contributed by atoms with van der Waals surface area (Å²) >= 11 is 0. The fraction of sp³-hybridized carbons (Fsp3) is 0.769. The number of primary amides is 1. The minimum absolute atomic E-state index is 0.0452. The van der Waals surface area contributed by atoms with Gasteiger partial charge in [-0.2, -0.15) is 0 Å². The van der Waals surface area contributed by atoms with Crippen molar-refractivity contribution in [2.45, 2.75) is 44.6 Å². The van der Waals surface area contributed by atoms with Gasteiger partial charge in [0.05, 0.1) is 13.1 Å². The lowest BCUT2D eigenvalue weighted by Crippen LogP contribution is -2.76. The third kappa shape index (κ3) is 2.31. The smallest absolute Gasteiger partial charge is 0.250 e. The largest absolute Gasteiger partial charge is 0.368 e. The molecule has 106 valence electrons. The lowest BCUT2D eigenvalue weighted by atomic mass is 9.78. The van der Waals surface area contributed by atoms with Gasteiger partial charge in [0.25, 0.3) is 5.91 Å². The van der Waals surface area contributed by atoms with Crippen molar-refractivity contribution >= 4 is 17.7 Å². The second-order valence-electron chi connectivity index (χ2n) is 5.41. The predicted octanol–water partition coefficient (Wildman–Crippen LogP) is -0.135. The molecule has 2 saturated heterocycles. The number of amides is 3. The van der Waals surface area contributed by atoms with Crippen LogP contribution in [0.1, 0.15) is 39.0 Å². The van der Waals surface area contributed by atoms with Crippen LogP contribution in [0, 0.1) is 0 Å². The van der Waals surface area contributed by atoms with Gasteiger partial charge in [0.1, 0.15) is 5.54 Å². The summed E-state index contributed by atoms with van der Waals surface area (Å²) in [6, 6.07) is 0. The molecule has 2 aliphatic rings. The first-order chi connectivity index (χ1) is 9.01. The standard InChI is InChI=1S/C13H21N3O3/c1-2-5-11(18)16-7-4-3-6-13(16)9-15(12(13)19)8-10(14)17/h2-9H2,1H3,(H2,14,17). The maximum absolute atomic E-state index is 12.3. The van der Waals surface area contributed by atoms with Crippen molar-refractivity contribution in [2.24, 2.45) is 5.73 Å². The number of hydrogen-bond donors (Lipinski definition) is 1. The average molecular weight is 267 g/mol. The highest BCUT2D eigenvalue weighted by atomic mass is 16.2. The van der Waals surface area contributed by atoms with Crippen LogP contribution in [0.2, 0.25) is 0 Å². The van der Waals surface area contributed by atoms with Crippen molar-refractivity contribution in [3.8, 4) is 0 Å². The molecule has 2 heterocycles. The summed E-state index contributed by atoms with van der Waals surface area (Å²) in [7, 11) is 0. The van der Waals surface area contributed by atoms with Gasteiger partial charge in [-0.05, 0) is 25.7 Å². The Labute approximate surface area is 112 Å². The molecular formula is C13H21N3O3. The topological polar surface area (TPSA) is 83.7 Å². The van der Waals surface area contributed by atoms with Crippen LogP contribution in [0.5, 0.6) is 0 Å². The number of rotatable bonds is 4. The van der Waals surface area contributed by atoms with Crippen LogP contribution in [0.25, 0.3) is 0 Å². The molecule has 1 unspecified atom stereocenters. The molecule has 2 N–H and O–H groups in total. The van der Waals surface area contributed by atoms with Crippen LogP contribution in [0.4, 0.5) is 0 Å². The Balaban J connectivity index is 2.10. The van der Waals surface area contributed by atoms with Crippen molar-refractivity contribution in [3.63, 3.8) is 0 Å². The Morgan fingerprint density at radius 1 is 1.37 bits per heavy atom. The average Bonchev–Trinajstić information content (AvgIpc) is 2.38. The van der Waals surface area contributed by atoms with E-state index < -0.39 is 11.4 Å². The molecule has 6 heteroatoms. The normalized spacial score (nSPS) is 26.5. The number of piperidine rings is 1. The number of β-lactam (4-membered cyclic amide) rings is 1. The second-order valence-corrected chi connectivity index (χ2v) is 5.41. The van der Waals surface area contributed by atoms with E-state index in [2.05, 4.69) is 0 Å². The van der Waals surface area contributed by atoms with E-state index in [0.717, 1.165) is 19.3 Å². The van der Waals surface area contributed by atoms with E-state index >= 15 is 0 Å². The third-order valence-corrected chi connectivity index (χ3v) is 3.99. The van der Waals surface area contributed by atoms with Crippen LogP contribution in [0.15, 0.2) is 0 Å². The van der Waals surface area contributed by atoms with Crippen molar-refractivity contribution in [1.82, 2.24) is 9.80 Å². The van der Waals surface area contributed by atoms with Crippen LogP contribution in [0.3, 0.4) is 0 Å². The SMILES string of the molecule is CCCC(=O)N1CCCCC12CN(CC(N)=O)C2=O. The Morgan fingerprint density at radius 2 is 2.11 bits per heavy atom. The summed E-state index contributed by atoms with van der Waals surface area (Å²) in [5.74, 6) is -0.574. The Bertz CT molecular complexity index is 410. The van der Waals surface area contributed by atoms with Gasteiger partial charge >= 0.3 is 0 Å². The fourth-order valence-electron chi connectivity index (χ4n) is 3.11. The van der Waals surface area contributed by atoms with E-state index in [1.807, 2.05) is 6.92 Å². The number of nitrogens with zero attached hydrogens (tertiary/aromatic N) is 2. The molecule has 0 aromatic rings. The molecule has 6 nitrogen and oxygen atoms in total. The van der Waals surface area contributed by atoms with E-state index in [1.165, 1.54) is 4.90 Å². The summed E-state index contributed by atoms with van der Waals surface area (Å²) in [5, 5.41) is 0. The molecule has 3 amide bonds. The molecule has 2 fully saturated rings. The molecule has 1 spiro atoms. The highest BCUT2D eigenvalue weighted by Gasteiger charge is 2.57. The highest BCUT2D eigenvalue weighted by Crippen LogP contribution is 2.38. The number of hydrogen-bond acceptors (Lipinski definition) is 3. The van der Waals surface area contributed by atoms with E-state index in [0.29, 0.717) is 25.9 Å². The maximum atomic E-state index is 12.3. The van der Waals surface area contributed by atoms with Crippen LogP contribution in [-0.4, -0.2) is 52.7 Å². The van der Waals surface area contributed by atoms with Gasteiger partial charge in [-0.25, -0.2) is 0 Å². The quantitative estimate of drug-likeness (QED) is 0.720. The third-order valence-electron chi connectivity index (χ3n) is 3.99. The Morgan fingerprint density at radius 3 is 2.68 bits per heavy atom. The molecule has 0 aromatic heterocycles. The first kappa shape index (κ1) is 13.8. The molecule has 0 aliphatic carbocycles. The van der Waals surface area contributed by atoms with Crippen LogP contribution >= 0.6 is 0 Å². The van der Waals surface area contributed by atoms with Gasteiger partial charge < -0.3 is 15.5 Å². The fourth-order valence-corrected chi connectivity index (χ4v) is 3.11. The zero-order chi connectivity index (χ0) is 14.0. The first-order valence-electron chi connectivity index (χ1n) is 6.89. The molecule has 0 aromatic carbocycles. The summed E-state index contributed by atoms with van der Waals surface area (Å²) in [4.78, 5) is 38.5. The number of likely N-dealkylation sites (tertiary alicyclic amines) is 2. The molecule has 2 rings (SSSR count). The molecule has 1 atom stereocenters. The van der Waals surface area contributed by atoms with E-state index in [-0.39, 0.29) is 18.4 Å². The number of carbonyl (C=O) groups excluding carboxylic acids is 3. The molecule has 0 bridgehead atoms. The lowest BCUT2D eigenvalue weighted by Gasteiger charge is -2.56. The summed E-state index contributed by atoms with van der Waals surface area (Å²) in [6.45, 7) is 3.01. The van der Waals surface area contributed by atoms with Crippen molar-refractivity contribution in [3.05, 3.63) is 0 Å². The van der Waals surface area contributed by atoms with Gasteiger partial charge in [-0.3, -0.25) is 14.4 Å². The monoisotopic (exact) mass is 267 g/mol. The molecular weight excluding hydrogens is 246 g/mol. The van der Waals surface area contributed by atoms with Gasteiger partial charge in [-0.1, -0.05) is 6.92 Å². The minimum atomic E-state index is -0.681. The van der Waals surface area contributed by atoms with Gasteiger partial charge in [0, 0.05) is 13.0 Å². The summed E-state index contributed by atoms with van der Waals surface area (Å²) in [5.41, 5.74) is 4.43.